The number of carbonyl (C=O) groups is 1. The van der Waals surface area contributed by atoms with Crippen molar-refractivity contribution in [3.63, 3.8) is 0 Å². The molecule has 0 radical (unpaired) electrons. The zero-order chi connectivity index (χ0) is 15.4. The van der Waals surface area contributed by atoms with Gasteiger partial charge in [-0.15, -0.1) is 0 Å². The van der Waals surface area contributed by atoms with E-state index >= 15 is 0 Å². The number of methoxy groups -OCH3 is 1. The molecule has 1 saturated heterocycles. The monoisotopic (exact) mass is 299 g/mol. The van der Waals surface area contributed by atoms with Crippen molar-refractivity contribution in [2.75, 3.05) is 40.0 Å². The van der Waals surface area contributed by atoms with Crippen LogP contribution >= 0.6 is 0 Å². The van der Waals surface area contributed by atoms with Crippen molar-refractivity contribution in [2.24, 2.45) is 0 Å². The third kappa shape index (κ3) is 3.13. The molecule has 0 atom stereocenters. The predicted octanol–water partition coefficient (Wildman–Crippen LogP) is 2.75. The van der Waals surface area contributed by atoms with E-state index in [9.17, 15) is 4.79 Å². The summed E-state index contributed by atoms with van der Waals surface area (Å²) >= 11 is 0. The molecule has 2 aromatic carbocycles. The topological polar surface area (TPSA) is 38.8 Å². The van der Waals surface area contributed by atoms with Crippen LogP contribution < -0.4 is 4.74 Å². The van der Waals surface area contributed by atoms with Gasteiger partial charge in [-0.2, -0.15) is 0 Å². The van der Waals surface area contributed by atoms with E-state index in [1.54, 1.807) is 7.11 Å². The number of benzene rings is 2. The van der Waals surface area contributed by atoms with Gasteiger partial charge in [0.1, 0.15) is 5.75 Å². The van der Waals surface area contributed by atoms with Crippen LogP contribution in [-0.2, 0) is 4.74 Å². The zero-order valence-corrected chi connectivity index (χ0v) is 12.9. The molecule has 0 spiro atoms. The molecule has 116 valence electrons. The number of morpholine rings is 1. The van der Waals surface area contributed by atoms with Gasteiger partial charge in [0.05, 0.1) is 25.9 Å². The number of ether oxygens (including phenoxy) is 2. The van der Waals surface area contributed by atoms with E-state index in [1.165, 1.54) is 0 Å². The summed E-state index contributed by atoms with van der Waals surface area (Å²) in [6, 6.07) is 11.8. The molecule has 4 heteroatoms. The van der Waals surface area contributed by atoms with Crippen molar-refractivity contribution in [1.82, 2.24) is 4.90 Å². The number of hydrogen-bond acceptors (Lipinski definition) is 4. The van der Waals surface area contributed by atoms with Gasteiger partial charge in [-0.25, -0.2) is 0 Å². The van der Waals surface area contributed by atoms with Crippen molar-refractivity contribution in [3.8, 4) is 5.75 Å². The van der Waals surface area contributed by atoms with Crippen molar-refractivity contribution >= 4 is 16.6 Å². The number of hydrogen-bond donors (Lipinski definition) is 0. The van der Waals surface area contributed by atoms with Gasteiger partial charge in [-0.05, 0) is 16.8 Å². The van der Waals surface area contributed by atoms with E-state index in [4.69, 9.17) is 9.47 Å². The fourth-order valence-corrected chi connectivity index (χ4v) is 2.92. The molecule has 1 heterocycles. The van der Waals surface area contributed by atoms with Gasteiger partial charge < -0.3 is 9.47 Å². The Bertz CT molecular complexity index is 662. The molecular weight excluding hydrogens is 278 g/mol. The SMILES string of the molecule is COc1ccc2ccccc2c1C(=O)CCN1CCOCC1. The van der Waals surface area contributed by atoms with Crippen LogP contribution in [0.1, 0.15) is 16.8 Å². The quantitative estimate of drug-likeness (QED) is 0.796. The summed E-state index contributed by atoms with van der Waals surface area (Å²) in [6.45, 7) is 4.09. The number of carbonyl (C=O) groups excluding carboxylic acids is 1. The lowest BCUT2D eigenvalue weighted by molar-refractivity contribution is 0.0370. The third-order valence-electron chi connectivity index (χ3n) is 4.15. The van der Waals surface area contributed by atoms with Gasteiger partial charge in [0.2, 0.25) is 0 Å². The molecular formula is C18H21NO3. The highest BCUT2D eigenvalue weighted by atomic mass is 16.5. The second kappa shape index (κ2) is 6.90. The van der Waals surface area contributed by atoms with Crippen LogP contribution in [0.3, 0.4) is 0 Å². The molecule has 0 aliphatic carbocycles. The Balaban J connectivity index is 1.82. The van der Waals surface area contributed by atoms with Crippen molar-refractivity contribution < 1.29 is 14.3 Å². The van der Waals surface area contributed by atoms with Crippen LogP contribution in [0.15, 0.2) is 36.4 Å². The van der Waals surface area contributed by atoms with Crippen molar-refractivity contribution in [2.45, 2.75) is 6.42 Å². The summed E-state index contributed by atoms with van der Waals surface area (Å²) in [5.74, 6) is 0.797. The first-order chi connectivity index (χ1) is 10.8. The van der Waals surface area contributed by atoms with Gasteiger partial charge >= 0.3 is 0 Å². The van der Waals surface area contributed by atoms with Gasteiger partial charge in [-0.1, -0.05) is 30.3 Å². The average Bonchev–Trinajstić information content (AvgIpc) is 2.59. The highest BCUT2D eigenvalue weighted by molar-refractivity contribution is 6.10. The summed E-state index contributed by atoms with van der Waals surface area (Å²) in [4.78, 5) is 15.0. The van der Waals surface area contributed by atoms with Crippen LogP contribution in [0, 0.1) is 0 Å². The first kappa shape index (κ1) is 15.0. The first-order valence-electron chi connectivity index (χ1n) is 7.68. The normalized spacial score (nSPS) is 15.9. The fraction of sp³-hybridized carbons (Fsp3) is 0.389. The lowest BCUT2D eigenvalue weighted by Crippen LogP contribution is -2.37. The third-order valence-corrected chi connectivity index (χ3v) is 4.15. The molecule has 2 aromatic rings. The number of ketones is 1. The Morgan fingerprint density at radius 2 is 1.95 bits per heavy atom. The second-order valence-electron chi connectivity index (χ2n) is 5.49. The van der Waals surface area contributed by atoms with Crippen LogP contribution in [-0.4, -0.2) is 50.6 Å². The van der Waals surface area contributed by atoms with Crippen LogP contribution in [0.5, 0.6) is 5.75 Å². The predicted molar refractivity (Wildman–Crippen MR) is 86.7 cm³/mol. The lowest BCUT2D eigenvalue weighted by atomic mass is 9.98. The Kier molecular flexibility index (Phi) is 4.71. The summed E-state index contributed by atoms with van der Waals surface area (Å²) < 4.78 is 10.8. The Morgan fingerprint density at radius 3 is 2.73 bits per heavy atom. The Labute approximate surface area is 130 Å². The maximum absolute atomic E-state index is 12.7. The van der Waals surface area contributed by atoms with Gasteiger partial charge in [-0.3, -0.25) is 9.69 Å². The summed E-state index contributed by atoms with van der Waals surface area (Å²) in [5.41, 5.74) is 0.703. The average molecular weight is 299 g/mol. The highest BCUT2D eigenvalue weighted by Crippen LogP contribution is 2.29. The van der Waals surface area contributed by atoms with Gasteiger partial charge in [0, 0.05) is 26.1 Å². The zero-order valence-electron chi connectivity index (χ0n) is 12.9. The number of rotatable bonds is 5. The molecule has 3 rings (SSSR count). The molecule has 0 aromatic heterocycles. The molecule has 0 amide bonds. The van der Waals surface area contributed by atoms with E-state index in [0.29, 0.717) is 17.7 Å². The van der Waals surface area contributed by atoms with E-state index in [0.717, 1.165) is 43.6 Å². The van der Waals surface area contributed by atoms with Crippen LogP contribution in [0.25, 0.3) is 10.8 Å². The molecule has 0 N–H and O–H groups in total. The summed E-state index contributed by atoms with van der Waals surface area (Å²) in [5, 5.41) is 2.03. The molecule has 1 fully saturated rings. The molecule has 4 nitrogen and oxygen atoms in total. The minimum absolute atomic E-state index is 0.139. The van der Waals surface area contributed by atoms with E-state index in [1.807, 2.05) is 36.4 Å². The van der Waals surface area contributed by atoms with Crippen molar-refractivity contribution in [3.05, 3.63) is 42.0 Å². The standard InChI is InChI=1S/C18H21NO3/c1-21-17-7-6-14-4-2-3-5-15(14)18(17)16(20)8-9-19-10-12-22-13-11-19/h2-7H,8-13H2,1H3. The van der Waals surface area contributed by atoms with Crippen LogP contribution in [0.2, 0.25) is 0 Å². The molecule has 22 heavy (non-hydrogen) atoms. The lowest BCUT2D eigenvalue weighted by Gasteiger charge is -2.26. The van der Waals surface area contributed by atoms with Crippen molar-refractivity contribution in [1.29, 1.82) is 0 Å². The number of Topliss-reactive ketones (excluding diaryl/α,β-unsaturated/α-hetero) is 1. The van der Waals surface area contributed by atoms with Crippen LogP contribution in [0.4, 0.5) is 0 Å². The first-order valence-corrected chi connectivity index (χ1v) is 7.68. The Morgan fingerprint density at radius 1 is 1.18 bits per heavy atom. The molecule has 1 aliphatic rings. The maximum atomic E-state index is 12.7. The smallest absolute Gasteiger partial charge is 0.168 e. The number of nitrogens with zero attached hydrogens (tertiary/aromatic N) is 1. The Hall–Kier alpha value is -1.91. The highest BCUT2D eigenvalue weighted by Gasteiger charge is 2.18. The molecule has 0 bridgehead atoms. The molecule has 1 aliphatic heterocycles. The number of fused-ring (bicyclic) bond motifs is 1. The molecule has 0 unspecified atom stereocenters. The largest absolute Gasteiger partial charge is 0.496 e. The van der Waals surface area contributed by atoms with Gasteiger partial charge in [0.15, 0.2) is 5.78 Å². The maximum Gasteiger partial charge on any atom is 0.168 e. The second-order valence-corrected chi connectivity index (χ2v) is 5.49. The summed E-state index contributed by atoms with van der Waals surface area (Å²) in [7, 11) is 1.61. The minimum atomic E-state index is 0.139. The minimum Gasteiger partial charge on any atom is -0.496 e. The van der Waals surface area contributed by atoms with E-state index in [-0.39, 0.29) is 5.78 Å². The van der Waals surface area contributed by atoms with E-state index < -0.39 is 0 Å². The van der Waals surface area contributed by atoms with Gasteiger partial charge in [0.25, 0.3) is 0 Å². The summed E-state index contributed by atoms with van der Waals surface area (Å²) in [6.07, 6.45) is 0.504. The van der Waals surface area contributed by atoms with E-state index in [2.05, 4.69) is 4.90 Å². The fourth-order valence-electron chi connectivity index (χ4n) is 2.92. The molecule has 0 saturated carbocycles.